The Labute approximate surface area is 118 Å². The highest BCUT2D eigenvalue weighted by Gasteiger charge is 2.29. The zero-order valence-corrected chi connectivity index (χ0v) is 13.6. The van der Waals surface area contributed by atoms with Crippen LogP contribution in [-0.4, -0.2) is 81.6 Å². The van der Waals surface area contributed by atoms with Crippen LogP contribution in [0.3, 0.4) is 0 Å². The Bertz CT molecular complexity index is 357. The van der Waals surface area contributed by atoms with Crippen LogP contribution in [0, 0.1) is 0 Å². The molecule has 19 heavy (non-hydrogen) atoms. The molecule has 0 aromatic carbocycles. The summed E-state index contributed by atoms with van der Waals surface area (Å²) in [4.78, 5) is 4.50. The minimum atomic E-state index is -3.02. The number of hydrogen-bond acceptors (Lipinski definition) is 4. The van der Waals surface area contributed by atoms with Gasteiger partial charge in [-0.15, -0.1) is 0 Å². The van der Waals surface area contributed by atoms with E-state index in [2.05, 4.69) is 30.9 Å². The van der Waals surface area contributed by atoms with Gasteiger partial charge >= 0.3 is 0 Å². The van der Waals surface area contributed by atoms with Crippen LogP contribution in [-0.2, 0) is 10.0 Å². The monoisotopic (exact) mass is 291 g/mol. The molecule has 0 radical (unpaired) electrons. The SMILES string of the molecule is CCS(=O)(=O)N1CCCC(N(C)CCCN(C)C)C1. The quantitative estimate of drug-likeness (QED) is 0.692. The molecule has 0 aliphatic carbocycles. The first-order valence-corrected chi connectivity index (χ1v) is 8.80. The third-order valence-corrected chi connectivity index (χ3v) is 5.70. The van der Waals surface area contributed by atoms with Crippen molar-refractivity contribution in [1.29, 1.82) is 0 Å². The van der Waals surface area contributed by atoms with Crippen molar-refractivity contribution in [2.75, 3.05) is 53.1 Å². The van der Waals surface area contributed by atoms with Gasteiger partial charge in [0.05, 0.1) is 5.75 Å². The van der Waals surface area contributed by atoms with E-state index in [1.165, 1.54) is 0 Å². The first kappa shape index (κ1) is 16.9. The lowest BCUT2D eigenvalue weighted by Gasteiger charge is -2.37. The minimum absolute atomic E-state index is 0.212. The summed E-state index contributed by atoms with van der Waals surface area (Å²) in [6.45, 7) is 5.18. The van der Waals surface area contributed by atoms with Crippen molar-refractivity contribution in [2.24, 2.45) is 0 Å². The molecule has 0 bridgehead atoms. The van der Waals surface area contributed by atoms with Gasteiger partial charge in [0.25, 0.3) is 0 Å². The smallest absolute Gasteiger partial charge is 0.213 e. The number of sulfonamides is 1. The van der Waals surface area contributed by atoms with Gasteiger partial charge in [0.15, 0.2) is 0 Å². The molecule has 0 N–H and O–H groups in total. The molecular formula is C13H29N3O2S. The summed E-state index contributed by atoms with van der Waals surface area (Å²) in [5.74, 6) is 0.212. The Balaban J connectivity index is 2.46. The summed E-state index contributed by atoms with van der Waals surface area (Å²) in [6, 6.07) is 0.372. The van der Waals surface area contributed by atoms with Gasteiger partial charge in [-0.3, -0.25) is 0 Å². The van der Waals surface area contributed by atoms with Crippen molar-refractivity contribution in [1.82, 2.24) is 14.1 Å². The van der Waals surface area contributed by atoms with Gasteiger partial charge in [0.2, 0.25) is 10.0 Å². The van der Waals surface area contributed by atoms with Gasteiger partial charge in [0.1, 0.15) is 0 Å². The second-order valence-corrected chi connectivity index (χ2v) is 7.95. The fraction of sp³-hybridized carbons (Fsp3) is 1.00. The van der Waals surface area contributed by atoms with E-state index in [4.69, 9.17) is 0 Å². The van der Waals surface area contributed by atoms with Crippen LogP contribution in [0.15, 0.2) is 0 Å². The van der Waals surface area contributed by atoms with Crippen molar-refractivity contribution < 1.29 is 8.42 Å². The van der Waals surface area contributed by atoms with Crippen LogP contribution in [0.4, 0.5) is 0 Å². The van der Waals surface area contributed by atoms with Crippen LogP contribution in [0.25, 0.3) is 0 Å². The van der Waals surface area contributed by atoms with E-state index in [1.807, 2.05) is 0 Å². The van der Waals surface area contributed by atoms with E-state index in [9.17, 15) is 8.42 Å². The highest BCUT2D eigenvalue weighted by molar-refractivity contribution is 7.89. The van der Waals surface area contributed by atoms with Crippen molar-refractivity contribution in [2.45, 2.75) is 32.2 Å². The molecule has 1 fully saturated rings. The number of likely N-dealkylation sites (N-methyl/N-ethyl adjacent to an activating group) is 1. The summed E-state index contributed by atoms with van der Waals surface area (Å²) in [7, 11) is 3.25. The zero-order valence-electron chi connectivity index (χ0n) is 12.8. The van der Waals surface area contributed by atoms with Crippen LogP contribution in [0.1, 0.15) is 26.2 Å². The molecule has 1 heterocycles. The molecule has 0 aromatic heterocycles. The highest BCUT2D eigenvalue weighted by atomic mass is 32.2. The van der Waals surface area contributed by atoms with E-state index < -0.39 is 10.0 Å². The lowest BCUT2D eigenvalue weighted by Crippen LogP contribution is -2.49. The number of piperidine rings is 1. The maximum atomic E-state index is 11.9. The van der Waals surface area contributed by atoms with Crippen LogP contribution < -0.4 is 0 Å². The summed E-state index contributed by atoms with van der Waals surface area (Å²) in [5, 5.41) is 0. The van der Waals surface area contributed by atoms with Crippen molar-refractivity contribution >= 4 is 10.0 Å². The van der Waals surface area contributed by atoms with Gasteiger partial charge in [-0.05, 0) is 60.4 Å². The van der Waals surface area contributed by atoms with Crippen molar-refractivity contribution in [3.8, 4) is 0 Å². The zero-order chi connectivity index (χ0) is 14.5. The normalized spacial score (nSPS) is 22.3. The van der Waals surface area contributed by atoms with E-state index >= 15 is 0 Å². The molecule has 114 valence electrons. The van der Waals surface area contributed by atoms with E-state index in [0.29, 0.717) is 19.1 Å². The Kier molecular flexibility index (Phi) is 6.73. The van der Waals surface area contributed by atoms with Gasteiger partial charge in [-0.2, -0.15) is 0 Å². The van der Waals surface area contributed by atoms with Gasteiger partial charge in [0, 0.05) is 19.1 Å². The molecule has 1 rings (SSSR count). The predicted octanol–water partition coefficient (Wildman–Crippen LogP) is 0.684. The summed E-state index contributed by atoms with van der Waals surface area (Å²) in [6.07, 6.45) is 3.21. The number of hydrogen-bond donors (Lipinski definition) is 0. The second kappa shape index (κ2) is 7.57. The van der Waals surface area contributed by atoms with Gasteiger partial charge in [-0.25, -0.2) is 12.7 Å². The van der Waals surface area contributed by atoms with Crippen LogP contribution >= 0.6 is 0 Å². The highest BCUT2D eigenvalue weighted by Crippen LogP contribution is 2.18. The van der Waals surface area contributed by atoms with Gasteiger partial charge < -0.3 is 9.80 Å². The summed E-state index contributed by atoms with van der Waals surface area (Å²) in [5.41, 5.74) is 0. The van der Waals surface area contributed by atoms with Crippen LogP contribution in [0.2, 0.25) is 0 Å². The van der Waals surface area contributed by atoms with Gasteiger partial charge in [-0.1, -0.05) is 0 Å². The lowest BCUT2D eigenvalue weighted by molar-refractivity contribution is 0.158. The first-order valence-electron chi connectivity index (χ1n) is 7.19. The van der Waals surface area contributed by atoms with E-state index in [0.717, 1.165) is 32.4 Å². The average Bonchev–Trinajstić information content (AvgIpc) is 2.38. The number of rotatable bonds is 7. The van der Waals surface area contributed by atoms with Crippen molar-refractivity contribution in [3.63, 3.8) is 0 Å². The molecule has 0 spiro atoms. The molecule has 0 amide bonds. The molecule has 1 atom stereocenters. The third kappa shape index (κ3) is 5.38. The topological polar surface area (TPSA) is 43.9 Å². The molecule has 1 unspecified atom stereocenters. The molecule has 1 saturated heterocycles. The average molecular weight is 291 g/mol. The molecule has 0 saturated carbocycles. The second-order valence-electron chi connectivity index (χ2n) is 5.69. The Hall–Kier alpha value is -0.170. The molecule has 0 aromatic rings. The Morgan fingerprint density at radius 3 is 2.47 bits per heavy atom. The minimum Gasteiger partial charge on any atom is -0.309 e. The molecule has 1 aliphatic rings. The molecule has 1 aliphatic heterocycles. The molecule has 5 nitrogen and oxygen atoms in total. The van der Waals surface area contributed by atoms with E-state index in [-0.39, 0.29) is 5.75 Å². The van der Waals surface area contributed by atoms with Crippen LogP contribution in [0.5, 0.6) is 0 Å². The third-order valence-electron chi connectivity index (χ3n) is 3.86. The summed E-state index contributed by atoms with van der Waals surface area (Å²) >= 11 is 0. The van der Waals surface area contributed by atoms with Crippen molar-refractivity contribution in [3.05, 3.63) is 0 Å². The molecule has 6 heteroatoms. The first-order chi connectivity index (χ1) is 8.86. The Morgan fingerprint density at radius 2 is 1.89 bits per heavy atom. The summed E-state index contributed by atoms with van der Waals surface area (Å²) < 4.78 is 25.5. The fourth-order valence-corrected chi connectivity index (χ4v) is 3.71. The maximum Gasteiger partial charge on any atom is 0.213 e. The van der Waals surface area contributed by atoms with E-state index in [1.54, 1.807) is 11.2 Å². The maximum absolute atomic E-state index is 11.9. The predicted molar refractivity (Wildman–Crippen MR) is 79.9 cm³/mol. The largest absolute Gasteiger partial charge is 0.309 e. The fourth-order valence-electron chi connectivity index (χ4n) is 2.53. The molecular weight excluding hydrogens is 262 g/mol. The standard InChI is InChI=1S/C13H29N3O2S/c1-5-19(17,18)16-11-6-8-13(12-16)15(4)10-7-9-14(2)3/h13H,5-12H2,1-4H3. The Morgan fingerprint density at radius 1 is 1.21 bits per heavy atom. The lowest BCUT2D eigenvalue weighted by atomic mass is 10.1. The number of nitrogens with zero attached hydrogens (tertiary/aromatic N) is 3.